The van der Waals surface area contributed by atoms with E-state index in [1.807, 2.05) is 30.3 Å². The second kappa shape index (κ2) is 10.6. The predicted octanol–water partition coefficient (Wildman–Crippen LogP) is 4.26. The number of nitrogens with one attached hydrogen (secondary N) is 1. The maximum absolute atomic E-state index is 13.5. The topological polar surface area (TPSA) is 86.3 Å². The highest BCUT2D eigenvalue weighted by Crippen LogP contribution is 2.40. The SMILES string of the molecule is COc1ccc(C2CN(C(=O)c3ccccc3Cl)CC2C(=O)NCc2ccc3c(c2)OCO3)c(OC)c1. The first kappa shape index (κ1) is 24.8. The van der Waals surface area contributed by atoms with E-state index in [-0.39, 0.29) is 31.1 Å². The van der Waals surface area contributed by atoms with Crippen LogP contribution in [0.3, 0.4) is 0 Å². The number of amides is 2. The van der Waals surface area contributed by atoms with Gasteiger partial charge >= 0.3 is 0 Å². The monoisotopic (exact) mass is 522 g/mol. The summed E-state index contributed by atoms with van der Waals surface area (Å²) in [6, 6.07) is 18.0. The summed E-state index contributed by atoms with van der Waals surface area (Å²) in [5, 5.41) is 3.41. The highest BCUT2D eigenvalue weighted by atomic mass is 35.5. The fourth-order valence-corrected chi connectivity index (χ4v) is 5.07. The van der Waals surface area contributed by atoms with E-state index in [0.29, 0.717) is 46.7 Å². The van der Waals surface area contributed by atoms with Gasteiger partial charge in [-0.15, -0.1) is 0 Å². The third-order valence-corrected chi connectivity index (χ3v) is 7.12. The number of hydrogen-bond donors (Lipinski definition) is 1. The van der Waals surface area contributed by atoms with Crippen molar-refractivity contribution in [2.75, 3.05) is 34.1 Å². The van der Waals surface area contributed by atoms with Crippen LogP contribution in [0.1, 0.15) is 27.4 Å². The molecule has 2 amide bonds. The normalized spacial score (nSPS) is 18.0. The Hall–Kier alpha value is -3.91. The molecule has 3 aromatic rings. The zero-order valence-corrected chi connectivity index (χ0v) is 21.3. The summed E-state index contributed by atoms with van der Waals surface area (Å²) in [5.74, 6) is 1.43. The molecule has 0 saturated carbocycles. The molecule has 2 aliphatic heterocycles. The molecule has 2 atom stereocenters. The zero-order valence-electron chi connectivity index (χ0n) is 20.5. The van der Waals surface area contributed by atoms with E-state index in [1.165, 1.54) is 0 Å². The molecule has 5 rings (SSSR count). The number of hydrogen-bond acceptors (Lipinski definition) is 6. The minimum Gasteiger partial charge on any atom is -0.497 e. The van der Waals surface area contributed by atoms with E-state index in [0.717, 1.165) is 11.1 Å². The number of nitrogens with zero attached hydrogens (tertiary/aromatic N) is 1. The van der Waals surface area contributed by atoms with Crippen LogP contribution in [0.4, 0.5) is 0 Å². The van der Waals surface area contributed by atoms with Gasteiger partial charge in [0, 0.05) is 37.2 Å². The Kier molecular flexibility index (Phi) is 7.10. The molecule has 1 fully saturated rings. The molecule has 0 radical (unpaired) electrons. The molecule has 37 heavy (non-hydrogen) atoms. The molecule has 2 aliphatic rings. The summed E-state index contributed by atoms with van der Waals surface area (Å²) in [4.78, 5) is 28.6. The Morgan fingerprint density at radius 1 is 1.00 bits per heavy atom. The van der Waals surface area contributed by atoms with Crippen LogP contribution in [-0.2, 0) is 11.3 Å². The molecular weight excluding hydrogens is 496 g/mol. The number of ether oxygens (including phenoxy) is 4. The van der Waals surface area contributed by atoms with Crippen LogP contribution in [0.15, 0.2) is 60.7 Å². The van der Waals surface area contributed by atoms with Gasteiger partial charge in [0.1, 0.15) is 11.5 Å². The number of fused-ring (bicyclic) bond motifs is 1. The van der Waals surface area contributed by atoms with Crippen LogP contribution in [0.2, 0.25) is 5.02 Å². The van der Waals surface area contributed by atoms with Gasteiger partial charge in [-0.1, -0.05) is 35.9 Å². The Labute approximate surface area is 220 Å². The van der Waals surface area contributed by atoms with Crippen molar-refractivity contribution in [2.24, 2.45) is 5.92 Å². The molecule has 9 heteroatoms. The first-order chi connectivity index (χ1) is 18.0. The van der Waals surface area contributed by atoms with Gasteiger partial charge in [-0.25, -0.2) is 0 Å². The number of carbonyl (C=O) groups excluding carboxylic acids is 2. The molecule has 0 aromatic heterocycles. The van der Waals surface area contributed by atoms with Crippen molar-refractivity contribution in [1.29, 1.82) is 0 Å². The molecule has 0 aliphatic carbocycles. The molecular formula is C28H27ClN2O6. The molecule has 2 unspecified atom stereocenters. The molecule has 0 spiro atoms. The second-order valence-electron chi connectivity index (χ2n) is 8.92. The average molecular weight is 523 g/mol. The third-order valence-electron chi connectivity index (χ3n) is 6.79. The molecule has 8 nitrogen and oxygen atoms in total. The molecule has 1 saturated heterocycles. The largest absolute Gasteiger partial charge is 0.497 e. The Bertz CT molecular complexity index is 1330. The van der Waals surface area contributed by atoms with Crippen LogP contribution in [-0.4, -0.2) is 50.8 Å². The van der Waals surface area contributed by atoms with Gasteiger partial charge in [-0.2, -0.15) is 0 Å². The lowest BCUT2D eigenvalue weighted by Gasteiger charge is -2.21. The van der Waals surface area contributed by atoms with Gasteiger partial charge in [-0.05, 0) is 35.9 Å². The van der Waals surface area contributed by atoms with E-state index >= 15 is 0 Å². The standard InChI is InChI=1S/C28H27ClN2O6/c1-34-18-8-9-19(25(12-18)35-2)21-14-31(28(33)20-5-3-4-6-23(20)29)15-22(21)27(32)30-13-17-7-10-24-26(11-17)37-16-36-24/h3-12,21-22H,13-16H2,1-2H3,(H,30,32). The molecule has 2 heterocycles. The summed E-state index contributed by atoms with van der Waals surface area (Å²) >= 11 is 6.31. The highest BCUT2D eigenvalue weighted by molar-refractivity contribution is 6.33. The van der Waals surface area contributed by atoms with Gasteiger partial charge in [0.25, 0.3) is 5.91 Å². The van der Waals surface area contributed by atoms with E-state index in [9.17, 15) is 9.59 Å². The highest BCUT2D eigenvalue weighted by Gasteiger charge is 2.42. The maximum Gasteiger partial charge on any atom is 0.255 e. The van der Waals surface area contributed by atoms with E-state index in [1.54, 1.807) is 49.5 Å². The van der Waals surface area contributed by atoms with Crippen molar-refractivity contribution in [1.82, 2.24) is 10.2 Å². The minimum absolute atomic E-state index is 0.157. The molecule has 3 aromatic carbocycles. The Balaban J connectivity index is 1.40. The number of rotatable bonds is 7. The Morgan fingerprint density at radius 2 is 1.81 bits per heavy atom. The summed E-state index contributed by atoms with van der Waals surface area (Å²) in [6.45, 7) is 1.09. The van der Waals surface area contributed by atoms with E-state index in [2.05, 4.69) is 5.32 Å². The second-order valence-corrected chi connectivity index (χ2v) is 9.32. The summed E-state index contributed by atoms with van der Waals surface area (Å²) in [5.41, 5.74) is 2.13. The van der Waals surface area contributed by atoms with Gasteiger partial charge < -0.3 is 29.2 Å². The van der Waals surface area contributed by atoms with Gasteiger partial charge in [0.2, 0.25) is 12.7 Å². The van der Waals surface area contributed by atoms with Crippen LogP contribution in [0.5, 0.6) is 23.0 Å². The first-order valence-corrected chi connectivity index (χ1v) is 12.3. The number of methoxy groups -OCH3 is 2. The van der Waals surface area contributed by atoms with Crippen molar-refractivity contribution < 1.29 is 28.5 Å². The number of benzene rings is 3. The fourth-order valence-electron chi connectivity index (χ4n) is 4.85. The van der Waals surface area contributed by atoms with Gasteiger partial charge in [0.15, 0.2) is 11.5 Å². The van der Waals surface area contributed by atoms with Crippen molar-refractivity contribution in [3.05, 3.63) is 82.4 Å². The van der Waals surface area contributed by atoms with Crippen molar-refractivity contribution in [2.45, 2.75) is 12.5 Å². The zero-order chi connectivity index (χ0) is 25.9. The third kappa shape index (κ3) is 5.02. The fraction of sp³-hybridized carbons (Fsp3) is 0.286. The summed E-state index contributed by atoms with van der Waals surface area (Å²) in [6.07, 6.45) is 0. The lowest BCUT2D eigenvalue weighted by molar-refractivity contribution is -0.125. The van der Waals surface area contributed by atoms with E-state index in [4.69, 9.17) is 30.5 Å². The van der Waals surface area contributed by atoms with Crippen molar-refractivity contribution in [3.8, 4) is 23.0 Å². The minimum atomic E-state index is -0.497. The smallest absolute Gasteiger partial charge is 0.255 e. The lowest BCUT2D eigenvalue weighted by Crippen LogP contribution is -2.35. The van der Waals surface area contributed by atoms with Crippen molar-refractivity contribution >= 4 is 23.4 Å². The number of carbonyl (C=O) groups is 2. The molecule has 192 valence electrons. The van der Waals surface area contributed by atoms with Crippen molar-refractivity contribution in [3.63, 3.8) is 0 Å². The summed E-state index contributed by atoms with van der Waals surface area (Å²) in [7, 11) is 3.16. The maximum atomic E-state index is 13.5. The van der Waals surface area contributed by atoms with Crippen LogP contribution < -0.4 is 24.3 Å². The first-order valence-electron chi connectivity index (χ1n) is 11.9. The van der Waals surface area contributed by atoms with E-state index < -0.39 is 5.92 Å². The van der Waals surface area contributed by atoms with Crippen LogP contribution in [0, 0.1) is 5.92 Å². The predicted molar refractivity (Wildman–Crippen MR) is 138 cm³/mol. The lowest BCUT2D eigenvalue weighted by atomic mass is 9.87. The quantitative estimate of drug-likeness (QED) is 0.499. The van der Waals surface area contributed by atoms with Crippen LogP contribution in [0.25, 0.3) is 0 Å². The number of likely N-dealkylation sites (tertiary alicyclic amines) is 1. The van der Waals surface area contributed by atoms with Gasteiger partial charge in [0.05, 0.1) is 30.7 Å². The van der Waals surface area contributed by atoms with Crippen LogP contribution >= 0.6 is 11.6 Å². The number of halogens is 1. The average Bonchev–Trinajstić information content (AvgIpc) is 3.58. The summed E-state index contributed by atoms with van der Waals surface area (Å²) < 4.78 is 21.8. The van der Waals surface area contributed by atoms with Gasteiger partial charge in [-0.3, -0.25) is 9.59 Å². The molecule has 1 N–H and O–H groups in total. The Morgan fingerprint density at radius 3 is 2.59 bits per heavy atom. The molecule has 0 bridgehead atoms.